The summed E-state index contributed by atoms with van der Waals surface area (Å²) in [6, 6.07) is 4.47. The van der Waals surface area contributed by atoms with Crippen molar-refractivity contribution < 1.29 is 22.8 Å². The summed E-state index contributed by atoms with van der Waals surface area (Å²) in [4.78, 5) is 31.3. The van der Waals surface area contributed by atoms with E-state index in [-0.39, 0.29) is 34.6 Å². The fraction of sp³-hybridized carbons (Fsp3) is 0.304. The molecule has 3 heterocycles. The van der Waals surface area contributed by atoms with Crippen LogP contribution in [-0.4, -0.2) is 62.2 Å². The summed E-state index contributed by atoms with van der Waals surface area (Å²) >= 11 is 6.31. The van der Waals surface area contributed by atoms with E-state index in [0.29, 0.717) is 37.4 Å². The van der Waals surface area contributed by atoms with Gasteiger partial charge in [-0.2, -0.15) is 18.3 Å². The van der Waals surface area contributed by atoms with Gasteiger partial charge in [0.1, 0.15) is 6.54 Å². The van der Waals surface area contributed by atoms with Crippen molar-refractivity contribution in [2.45, 2.75) is 12.7 Å². The number of imidazole rings is 1. The van der Waals surface area contributed by atoms with E-state index in [2.05, 4.69) is 26.6 Å². The molecule has 1 aliphatic rings. The SMILES string of the molecule is C#CCn1cc(-c2cnc(C(=O)Nc3ccc(C(=O)N4CCNCC4)c(Cl)c3)n2C)c(C(F)(F)F)n1. The summed E-state index contributed by atoms with van der Waals surface area (Å²) in [5.41, 5.74) is -0.760. The van der Waals surface area contributed by atoms with Crippen LogP contribution in [0.5, 0.6) is 0 Å². The molecule has 0 bridgehead atoms. The van der Waals surface area contributed by atoms with E-state index in [9.17, 15) is 22.8 Å². The number of amides is 2. The number of terminal acetylenes is 1. The van der Waals surface area contributed by atoms with Crippen molar-refractivity contribution in [2.75, 3.05) is 31.5 Å². The van der Waals surface area contributed by atoms with Crippen molar-refractivity contribution in [1.82, 2.24) is 29.5 Å². The number of nitrogens with zero attached hydrogens (tertiary/aromatic N) is 5. The average Bonchev–Trinajstić information content (AvgIpc) is 3.43. The first-order valence-corrected chi connectivity index (χ1v) is 11.2. The Hall–Kier alpha value is -3.82. The molecule has 0 radical (unpaired) electrons. The van der Waals surface area contributed by atoms with E-state index < -0.39 is 17.8 Å². The second-order valence-corrected chi connectivity index (χ2v) is 8.42. The zero-order valence-corrected chi connectivity index (χ0v) is 19.8. The lowest BCUT2D eigenvalue weighted by molar-refractivity contribution is -0.141. The first-order chi connectivity index (χ1) is 17.1. The summed E-state index contributed by atoms with van der Waals surface area (Å²) in [7, 11) is 1.41. The van der Waals surface area contributed by atoms with Gasteiger partial charge in [0.25, 0.3) is 11.8 Å². The molecule has 1 aliphatic heterocycles. The molecule has 188 valence electrons. The Labute approximate surface area is 209 Å². The number of aromatic nitrogens is 4. The Morgan fingerprint density at radius 2 is 2.00 bits per heavy atom. The average molecular weight is 520 g/mol. The minimum absolute atomic E-state index is 0.0331. The van der Waals surface area contributed by atoms with Gasteiger partial charge in [-0.05, 0) is 18.2 Å². The van der Waals surface area contributed by atoms with Crippen LogP contribution in [0, 0.1) is 12.3 Å². The van der Waals surface area contributed by atoms with Gasteiger partial charge in [0.05, 0.1) is 28.0 Å². The second kappa shape index (κ2) is 10.0. The third-order valence-corrected chi connectivity index (χ3v) is 5.92. The van der Waals surface area contributed by atoms with Crippen LogP contribution in [0.1, 0.15) is 26.7 Å². The van der Waals surface area contributed by atoms with Crippen LogP contribution in [0.2, 0.25) is 5.02 Å². The van der Waals surface area contributed by atoms with E-state index in [1.54, 1.807) is 4.90 Å². The van der Waals surface area contributed by atoms with Crippen molar-refractivity contribution in [3.63, 3.8) is 0 Å². The Morgan fingerprint density at radius 1 is 1.28 bits per heavy atom. The molecule has 9 nitrogen and oxygen atoms in total. The molecule has 0 spiro atoms. The first kappa shape index (κ1) is 25.3. The third-order valence-electron chi connectivity index (χ3n) is 5.61. The zero-order valence-electron chi connectivity index (χ0n) is 19.1. The molecule has 13 heteroatoms. The number of piperazine rings is 1. The van der Waals surface area contributed by atoms with Gasteiger partial charge >= 0.3 is 6.18 Å². The number of carbonyl (C=O) groups is 2. The minimum Gasteiger partial charge on any atom is -0.336 e. The normalized spacial score (nSPS) is 13.9. The topological polar surface area (TPSA) is 97.1 Å². The van der Waals surface area contributed by atoms with Gasteiger partial charge in [-0.3, -0.25) is 14.3 Å². The van der Waals surface area contributed by atoms with Crippen LogP contribution in [0.25, 0.3) is 11.3 Å². The van der Waals surface area contributed by atoms with Crippen molar-refractivity contribution in [3.05, 3.63) is 52.7 Å². The maximum absolute atomic E-state index is 13.5. The molecule has 1 aromatic carbocycles. The number of hydrogen-bond acceptors (Lipinski definition) is 5. The lowest BCUT2D eigenvalue weighted by Gasteiger charge is -2.27. The molecular weight excluding hydrogens is 499 g/mol. The van der Waals surface area contributed by atoms with Crippen LogP contribution >= 0.6 is 11.6 Å². The number of benzene rings is 1. The predicted molar refractivity (Wildman–Crippen MR) is 126 cm³/mol. The highest BCUT2D eigenvalue weighted by Gasteiger charge is 2.38. The number of anilines is 1. The van der Waals surface area contributed by atoms with Crippen LogP contribution in [0.15, 0.2) is 30.6 Å². The van der Waals surface area contributed by atoms with Gasteiger partial charge in [0, 0.05) is 45.1 Å². The largest absolute Gasteiger partial charge is 0.435 e. The van der Waals surface area contributed by atoms with Gasteiger partial charge in [-0.25, -0.2) is 4.98 Å². The number of carbonyl (C=O) groups excluding carboxylic acids is 2. The Morgan fingerprint density at radius 3 is 2.64 bits per heavy atom. The summed E-state index contributed by atoms with van der Waals surface area (Å²) in [6.45, 7) is 2.36. The van der Waals surface area contributed by atoms with Gasteiger partial charge in [-0.15, -0.1) is 6.42 Å². The molecule has 0 unspecified atom stereocenters. The van der Waals surface area contributed by atoms with Crippen LogP contribution in [0.4, 0.5) is 18.9 Å². The molecule has 36 heavy (non-hydrogen) atoms. The molecule has 0 saturated carbocycles. The van der Waals surface area contributed by atoms with Gasteiger partial charge in [0.2, 0.25) is 0 Å². The Bertz CT molecular complexity index is 1350. The van der Waals surface area contributed by atoms with E-state index in [0.717, 1.165) is 17.1 Å². The Balaban J connectivity index is 1.55. The van der Waals surface area contributed by atoms with E-state index in [1.807, 2.05) is 0 Å². The van der Waals surface area contributed by atoms with Crippen LogP contribution in [0.3, 0.4) is 0 Å². The Kier molecular flexibility index (Phi) is 7.05. The molecular formula is C23H21ClF3N7O2. The molecule has 0 aliphatic carbocycles. The standard InChI is InChI=1S/C23H21ClF3N7O2/c1-3-8-34-13-16(19(31-34)23(25,26)27)18-12-29-20(32(18)2)21(35)30-14-4-5-15(17(24)11-14)22(36)33-9-6-28-7-10-33/h1,4-5,11-13,28H,6-10H2,2H3,(H,30,35). The molecule has 1 fully saturated rings. The van der Waals surface area contributed by atoms with E-state index in [1.165, 1.54) is 29.8 Å². The van der Waals surface area contributed by atoms with Crippen molar-refractivity contribution in [2.24, 2.45) is 7.05 Å². The predicted octanol–water partition coefficient (Wildman–Crippen LogP) is 2.89. The van der Waals surface area contributed by atoms with Gasteiger partial charge < -0.3 is 20.1 Å². The summed E-state index contributed by atoms with van der Waals surface area (Å²) < 4.78 is 42.8. The zero-order chi connectivity index (χ0) is 26.0. The minimum atomic E-state index is -4.73. The van der Waals surface area contributed by atoms with Crippen molar-refractivity contribution in [3.8, 4) is 23.6 Å². The van der Waals surface area contributed by atoms with Gasteiger partial charge in [0.15, 0.2) is 11.5 Å². The number of nitrogens with one attached hydrogen (secondary N) is 2. The third kappa shape index (κ3) is 5.07. The molecule has 4 rings (SSSR count). The highest BCUT2D eigenvalue weighted by atomic mass is 35.5. The summed E-state index contributed by atoms with van der Waals surface area (Å²) in [6.07, 6.45) is 2.78. The van der Waals surface area contributed by atoms with Crippen LogP contribution in [-0.2, 0) is 19.8 Å². The number of hydrogen-bond donors (Lipinski definition) is 2. The molecule has 2 aromatic heterocycles. The molecule has 2 amide bonds. The fourth-order valence-corrected chi connectivity index (χ4v) is 4.12. The summed E-state index contributed by atoms with van der Waals surface area (Å²) in [5, 5.41) is 9.47. The maximum Gasteiger partial charge on any atom is 0.435 e. The van der Waals surface area contributed by atoms with E-state index in [4.69, 9.17) is 18.0 Å². The summed E-state index contributed by atoms with van der Waals surface area (Å²) in [5.74, 6) is 1.21. The highest BCUT2D eigenvalue weighted by molar-refractivity contribution is 6.34. The quantitative estimate of drug-likeness (QED) is 0.505. The number of alkyl halides is 3. The first-order valence-electron chi connectivity index (χ1n) is 10.8. The van der Waals surface area contributed by atoms with Crippen molar-refractivity contribution >= 4 is 29.1 Å². The van der Waals surface area contributed by atoms with Crippen molar-refractivity contribution in [1.29, 1.82) is 0 Å². The molecule has 0 atom stereocenters. The lowest BCUT2D eigenvalue weighted by Crippen LogP contribution is -2.46. The molecule has 3 aromatic rings. The second-order valence-electron chi connectivity index (χ2n) is 8.01. The number of rotatable bonds is 5. The molecule has 2 N–H and O–H groups in total. The number of halogens is 4. The molecule has 1 saturated heterocycles. The maximum atomic E-state index is 13.5. The van der Waals surface area contributed by atoms with E-state index >= 15 is 0 Å². The highest BCUT2D eigenvalue weighted by Crippen LogP contribution is 2.36. The van der Waals surface area contributed by atoms with Gasteiger partial charge in [-0.1, -0.05) is 17.5 Å². The lowest BCUT2D eigenvalue weighted by atomic mass is 10.1. The monoisotopic (exact) mass is 519 g/mol. The van der Waals surface area contributed by atoms with Crippen LogP contribution < -0.4 is 10.6 Å². The fourth-order valence-electron chi connectivity index (χ4n) is 3.86. The smallest absolute Gasteiger partial charge is 0.336 e.